The van der Waals surface area contributed by atoms with E-state index in [4.69, 9.17) is 0 Å². The molecule has 0 saturated carbocycles. The molecule has 0 saturated heterocycles. The topological polar surface area (TPSA) is 46.6 Å². The van der Waals surface area contributed by atoms with Crippen molar-refractivity contribution in [2.45, 2.75) is 17.7 Å². The van der Waals surface area contributed by atoms with Gasteiger partial charge in [-0.2, -0.15) is 4.31 Å². The summed E-state index contributed by atoms with van der Waals surface area (Å²) in [4.78, 5) is -0.218. The van der Waals surface area contributed by atoms with Gasteiger partial charge in [0.2, 0.25) is 10.0 Å². The van der Waals surface area contributed by atoms with Crippen molar-refractivity contribution in [3.05, 3.63) is 24.3 Å². The van der Waals surface area contributed by atoms with Gasteiger partial charge in [0.15, 0.2) is 0 Å². The molecule has 0 unspecified atom stereocenters. The van der Waals surface area contributed by atoms with Gasteiger partial charge in [-0.05, 0) is 24.3 Å². The maximum Gasteiger partial charge on any atom is 0.272 e. The molecule has 0 atom stereocenters. The maximum atomic E-state index is 12.2. The Morgan fingerprint density at radius 3 is 2.10 bits per heavy atom. The standard InChI is InChI=1S/C11H13F4NO3S/c1-16(6-10(12)13)20(17,18)9-4-2-8(3-5-9)19-7-11(14)15/h2-5,10-11H,6-7H2,1H3. The first-order valence-corrected chi connectivity index (χ1v) is 6.93. The van der Waals surface area contributed by atoms with Gasteiger partial charge in [-0.3, -0.25) is 0 Å². The molecule has 1 aromatic rings. The predicted molar refractivity (Wildman–Crippen MR) is 63.8 cm³/mol. The van der Waals surface area contributed by atoms with E-state index in [1.54, 1.807) is 0 Å². The monoisotopic (exact) mass is 315 g/mol. The van der Waals surface area contributed by atoms with Crippen molar-refractivity contribution in [3.8, 4) is 5.75 Å². The molecule has 114 valence electrons. The SMILES string of the molecule is CN(CC(F)F)S(=O)(=O)c1ccc(OCC(F)F)cc1. The normalized spacial score (nSPS) is 12.4. The summed E-state index contributed by atoms with van der Waals surface area (Å²) in [6.45, 7) is -1.73. The molecule has 9 heteroatoms. The Labute approximate surface area is 114 Å². The van der Waals surface area contributed by atoms with E-state index in [-0.39, 0.29) is 10.6 Å². The van der Waals surface area contributed by atoms with E-state index in [1.807, 2.05) is 0 Å². The summed E-state index contributed by atoms with van der Waals surface area (Å²) < 4.78 is 77.1. The first kappa shape index (κ1) is 16.7. The summed E-state index contributed by atoms with van der Waals surface area (Å²) in [5.41, 5.74) is 0. The molecule has 0 N–H and O–H groups in total. The number of nitrogens with zero attached hydrogens (tertiary/aromatic N) is 1. The van der Waals surface area contributed by atoms with Gasteiger partial charge in [0.05, 0.1) is 11.4 Å². The molecule has 0 radical (unpaired) electrons. The number of ether oxygens (including phenoxy) is 1. The third-order valence-corrected chi connectivity index (χ3v) is 4.14. The summed E-state index contributed by atoms with van der Waals surface area (Å²) in [6, 6.07) is 4.59. The highest BCUT2D eigenvalue weighted by Crippen LogP contribution is 2.19. The fraction of sp³-hybridized carbons (Fsp3) is 0.455. The number of halogens is 4. The number of hydrogen-bond donors (Lipinski definition) is 0. The van der Waals surface area contributed by atoms with Crippen LogP contribution in [0, 0.1) is 0 Å². The Kier molecular flexibility index (Phi) is 5.75. The van der Waals surface area contributed by atoms with Crippen molar-refractivity contribution in [1.29, 1.82) is 0 Å². The van der Waals surface area contributed by atoms with E-state index < -0.39 is 36.0 Å². The first-order valence-electron chi connectivity index (χ1n) is 5.49. The number of alkyl halides is 4. The van der Waals surface area contributed by atoms with Gasteiger partial charge < -0.3 is 4.74 Å². The molecule has 4 nitrogen and oxygen atoms in total. The van der Waals surface area contributed by atoms with Crippen LogP contribution in [0.2, 0.25) is 0 Å². The molecule has 0 heterocycles. The smallest absolute Gasteiger partial charge is 0.272 e. The lowest BCUT2D eigenvalue weighted by Gasteiger charge is -2.16. The van der Waals surface area contributed by atoms with Crippen LogP contribution in [-0.2, 0) is 10.0 Å². The van der Waals surface area contributed by atoms with Gasteiger partial charge >= 0.3 is 0 Å². The third-order valence-electron chi connectivity index (χ3n) is 2.30. The van der Waals surface area contributed by atoms with Gasteiger partial charge in [0.25, 0.3) is 12.9 Å². The Morgan fingerprint density at radius 1 is 1.10 bits per heavy atom. The Hall–Kier alpha value is -1.35. The van der Waals surface area contributed by atoms with E-state index in [9.17, 15) is 26.0 Å². The van der Waals surface area contributed by atoms with Crippen molar-refractivity contribution in [1.82, 2.24) is 4.31 Å². The number of sulfonamides is 1. The van der Waals surface area contributed by atoms with Gasteiger partial charge in [0, 0.05) is 7.05 Å². The molecule has 0 spiro atoms. The molecule has 0 amide bonds. The highest BCUT2D eigenvalue weighted by Gasteiger charge is 2.23. The first-order chi connectivity index (χ1) is 9.23. The maximum absolute atomic E-state index is 12.2. The number of benzene rings is 1. The number of rotatable bonds is 7. The third kappa shape index (κ3) is 4.64. The molecule has 0 fully saturated rings. The zero-order chi connectivity index (χ0) is 15.3. The summed E-state index contributed by atoms with van der Waals surface area (Å²) >= 11 is 0. The molecular formula is C11H13F4NO3S. The van der Waals surface area contributed by atoms with Crippen LogP contribution in [0.25, 0.3) is 0 Å². The lowest BCUT2D eigenvalue weighted by molar-refractivity contribution is 0.0819. The molecule has 1 rings (SSSR count). The van der Waals surface area contributed by atoms with Crippen LogP contribution in [0.1, 0.15) is 0 Å². The van der Waals surface area contributed by atoms with Crippen LogP contribution in [0.5, 0.6) is 5.75 Å². The Balaban J connectivity index is 2.81. The molecule has 0 aromatic heterocycles. The van der Waals surface area contributed by atoms with E-state index in [1.165, 1.54) is 12.1 Å². The fourth-order valence-electron chi connectivity index (χ4n) is 1.34. The number of hydrogen-bond acceptors (Lipinski definition) is 3. The summed E-state index contributed by atoms with van der Waals surface area (Å²) in [6.07, 6.45) is -5.43. The average molecular weight is 315 g/mol. The second-order valence-corrected chi connectivity index (χ2v) is 5.90. The Bertz CT molecular complexity index is 519. The molecular weight excluding hydrogens is 302 g/mol. The minimum absolute atomic E-state index is 0.0702. The van der Waals surface area contributed by atoms with Crippen LogP contribution in [0.4, 0.5) is 17.6 Å². The summed E-state index contributed by atoms with van der Waals surface area (Å²) in [5.74, 6) is 0.0702. The predicted octanol–water partition coefficient (Wildman–Crippen LogP) is 2.22. The quantitative estimate of drug-likeness (QED) is 0.725. The molecule has 0 bridgehead atoms. The highest BCUT2D eigenvalue weighted by molar-refractivity contribution is 7.89. The minimum atomic E-state index is -4.03. The van der Waals surface area contributed by atoms with Crippen LogP contribution < -0.4 is 4.74 Å². The molecule has 0 aliphatic rings. The van der Waals surface area contributed by atoms with Gasteiger partial charge in [-0.15, -0.1) is 0 Å². The van der Waals surface area contributed by atoms with E-state index in [2.05, 4.69) is 4.74 Å². The molecule has 0 aliphatic carbocycles. The van der Waals surface area contributed by atoms with E-state index in [0.29, 0.717) is 4.31 Å². The highest BCUT2D eigenvalue weighted by atomic mass is 32.2. The van der Waals surface area contributed by atoms with E-state index >= 15 is 0 Å². The lowest BCUT2D eigenvalue weighted by atomic mass is 10.3. The van der Waals surface area contributed by atoms with Crippen LogP contribution in [-0.4, -0.2) is 45.8 Å². The van der Waals surface area contributed by atoms with Crippen molar-refractivity contribution in [3.63, 3.8) is 0 Å². The van der Waals surface area contributed by atoms with Crippen molar-refractivity contribution < 1.29 is 30.7 Å². The van der Waals surface area contributed by atoms with Crippen molar-refractivity contribution >= 4 is 10.0 Å². The zero-order valence-corrected chi connectivity index (χ0v) is 11.3. The van der Waals surface area contributed by atoms with Gasteiger partial charge in [-0.25, -0.2) is 26.0 Å². The van der Waals surface area contributed by atoms with Crippen LogP contribution in [0.15, 0.2) is 29.2 Å². The minimum Gasteiger partial charge on any atom is -0.488 e. The Morgan fingerprint density at radius 2 is 1.65 bits per heavy atom. The fourth-order valence-corrected chi connectivity index (χ4v) is 2.49. The lowest BCUT2D eigenvalue weighted by Crippen LogP contribution is -2.31. The van der Waals surface area contributed by atoms with E-state index in [0.717, 1.165) is 19.2 Å². The second kappa shape index (κ2) is 6.89. The largest absolute Gasteiger partial charge is 0.488 e. The molecule has 20 heavy (non-hydrogen) atoms. The van der Waals surface area contributed by atoms with Gasteiger partial charge in [0.1, 0.15) is 12.4 Å². The molecule has 0 aliphatic heterocycles. The van der Waals surface area contributed by atoms with Crippen LogP contribution in [0.3, 0.4) is 0 Å². The van der Waals surface area contributed by atoms with Crippen molar-refractivity contribution in [2.75, 3.05) is 20.2 Å². The zero-order valence-electron chi connectivity index (χ0n) is 10.5. The average Bonchev–Trinajstić information content (AvgIpc) is 2.36. The summed E-state index contributed by atoms with van der Waals surface area (Å²) in [7, 11) is -3.00. The summed E-state index contributed by atoms with van der Waals surface area (Å²) in [5, 5.41) is 0. The van der Waals surface area contributed by atoms with Gasteiger partial charge in [-0.1, -0.05) is 0 Å². The second-order valence-electron chi connectivity index (χ2n) is 3.85. The molecule has 1 aromatic carbocycles. The van der Waals surface area contributed by atoms with Crippen LogP contribution >= 0.6 is 0 Å². The van der Waals surface area contributed by atoms with Crippen molar-refractivity contribution in [2.24, 2.45) is 0 Å².